The zero-order valence-corrected chi connectivity index (χ0v) is 11.2. The molecule has 0 atom stereocenters. The van der Waals surface area contributed by atoms with Gasteiger partial charge in [0.2, 0.25) is 0 Å². The molecular formula is C12H13BrN2O3. The van der Waals surface area contributed by atoms with Crippen LogP contribution >= 0.6 is 15.9 Å². The van der Waals surface area contributed by atoms with E-state index in [9.17, 15) is 14.7 Å². The van der Waals surface area contributed by atoms with E-state index in [0.29, 0.717) is 22.9 Å². The smallest absolute Gasteiger partial charge is 0.329 e. The number of halogens is 1. The number of carbonyl (C=O) groups excluding carboxylic acids is 1. The molecule has 1 saturated carbocycles. The summed E-state index contributed by atoms with van der Waals surface area (Å²) < 4.78 is 0.686. The third kappa shape index (κ3) is 2.53. The highest BCUT2D eigenvalue weighted by molar-refractivity contribution is 9.10. The molecule has 0 spiro atoms. The maximum Gasteiger partial charge on any atom is 0.329 e. The van der Waals surface area contributed by atoms with Crippen molar-refractivity contribution < 1.29 is 14.7 Å². The molecule has 0 aliphatic heterocycles. The molecule has 1 amide bonds. The Kier molecular flexibility index (Phi) is 3.65. The zero-order chi connectivity index (χ0) is 13.2. The van der Waals surface area contributed by atoms with E-state index >= 15 is 0 Å². The van der Waals surface area contributed by atoms with E-state index in [-0.39, 0.29) is 0 Å². The number of carboxylic acids is 1. The lowest BCUT2D eigenvalue weighted by Gasteiger charge is -2.25. The third-order valence-electron chi connectivity index (χ3n) is 3.19. The van der Waals surface area contributed by atoms with Gasteiger partial charge in [-0.1, -0.05) is 12.8 Å². The van der Waals surface area contributed by atoms with Gasteiger partial charge in [0.25, 0.3) is 5.91 Å². The number of pyridine rings is 1. The van der Waals surface area contributed by atoms with E-state index < -0.39 is 17.4 Å². The number of aromatic nitrogens is 1. The van der Waals surface area contributed by atoms with Crippen molar-refractivity contribution in [1.82, 2.24) is 10.3 Å². The maximum atomic E-state index is 12.0. The standard InChI is InChI=1S/C12H13BrN2O3/c13-9-5-8(6-14-7-9)10(16)15-12(11(17)18)3-1-2-4-12/h5-7H,1-4H2,(H,15,16)(H,17,18). The van der Waals surface area contributed by atoms with Crippen LogP contribution in [0.4, 0.5) is 0 Å². The van der Waals surface area contributed by atoms with Gasteiger partial charge in [-0.3, -0.25) is 9.78 Å². The molecule has 1 fully saturated rings. The molecule has 18 heavy (non-hydrogen) atoms. The largest absolute Gasteiger partial charge is 0.480 e. The highest BCUT2D eigenvalue weighted by Gasteiger charge is 2.42. The second-order valence-electron chi connectivity index (χ2n) is 4.44. The predicted octanol–water partition coefficient (Wildman–Crippen LogP) is 1.97. The molecule has 0 unspecified atom stereocenters. The Morgan fingerprint density at radius 3 is 2.56 bits per heavy atom. The Labute approximate surface area is 113 Å². The van der Waals surface area contributed by atoms with E-state index in [4.69, 9.17) is 0 Å². The number of nitrogens with zero attached hydrogens (tertiary/aromatic N) is 1. The van der Waals surface area contributed by atoms with Crippen molar-refractivity contribution in [3.63, 3.8) is 0 Å². The van der Waals surface area contributed by atoms with Gasteiger partial charge in [0.05, 0.1) is 5.56 Å². The number of nitrogens with one attached hydrogen (secondary N) is 1. The van der Waals surface area contributed by atoms with Crippen LogP contribution in [0.25, 0.3) is 0 Å². The first-order valence-electron chi connectivity index (χ1n) is 5.70. The van der Waals surface area contributed by atoms with Gasteiger partial charge in [0, 0.05) is 16.9 Å². The van der Waals surface area contributed by atoms with Gasteiger partial charge in [-0.15, -0.1) is 0 Å². The SMILES string of the molecule is O=C(NC1(C(=O)O)CCCC1)c1cncc(Br)c1. The fraction of sp³-hybridized carbons (Fsp3) is 0.417. The highest BCUT2D eigenvalue weighted by Crippen LogP contribution is 2.30. The molecule has 1 aliphatic rings. The first-order valence-corrected chi connectivity index (χ1v) is 6.49. The number of carboxylic acid groups (broad SMARTS) is 1. The van der Waals surface area contributed by atoms with Crippen LogP contribution in [-0.4, -0.2) is 27.5 Å². The summed E-state index contributed by atoms with van der Waals surface area (Å²) in [5, 5.41) is 11.9. The Morgan fingerprint density at radius 1 is 1.33 bits per heavy atom. The van der Waals surface area contributed by atoms with Crippen LogP contribution in [0.3, 0.4) is 0 Å². The normalized spacial score (nSPS) is 17.4. The fourth-order valence-corrected chi connectivity index (χ4v) is 2.56. The first-order chi connectivity index (χ1) is 8.53. The molecule has 1 heterocycles. The molecule has 0 radical (unpaired) electrons. The van der Waals surface area contributed by atoms with E-state index in [1.807, 2.05) is 0 Å². The summed E-state index contributed by atoms with van der Waals surface area (Å²) in [4.78, 5) is 27.2. The average Bonchev–Trinajstić information content (AvgIpc) is 2.79. The lowest BCUT2D eigenvalue weighted by molar-refractivity contribution is -0.144. The molecule has 96 valence electrons. The Hall–Kier alpha value is -1.43. The fourth-order valence-electron chi connectivity index (χ4n) is 2.20. The van der Waals surface area contributed by atoms with E-state index in [0.717, 1.165) is 12.8 Å². The molecule has 6 heteroatoms. The van der Waals surface area contributed by atoms with Crippen LogP contribution in [0, 0.1) is 0 Å². The van der Waals surface area contributed by atoms with Gasteiger partial charge < -0.3 is 10.4 Å². The van der Waals surface area contributed by atoms with Gasteiger partial charge in [-0.25, -0.2) is 4.79 Å². The molecule has 0 bridgehead atoms. The number of hydrogen-bond acceptors (Lipinski definition) is 3. The number of hydrogen-bond donors (Lipinski definition) is 2. The second kappa shape index (κ2) is 5.06. The molecular weight excluding hydrogens is 300 g/mol. The molecule has 1 aromatic rings. The van der Waals surface area contributed by atoms with Gasteiger partial charge in [0.15, 0.2) is 0 Å². The van der Waals surface area contributed by atoms with Crippen molar-refractivity contribution in [2.24, 2.45) is 0 Å². The topological polar surface area (TPSA) is 79.3 Å². The van der Waals surface area contributed by atoms with Crippen LogP contribution < -0.4 is 5.32 Å². The van der Waals surface area contributed by atoms with Crippen molar-refractivity contribution in [2.75, 3.05) is 0 Å². The minimum absolute atomic E-state index is 0.358. The van der Waals surface area contributed by atoms with Gasteiger partial charge in [0.1, 0.15) is 5.54 Å². The average molecular weight is 313 g/mol. The monoisotopic (exact) mass is 312 g/mol. The molecule has 0 saturated heterocycles. The van der Waals surface area contributed by atoms with E-state index in [1.54, 1.807) is 12.3 Å². The molecule has 2 N–H and O–H groups in total. The molecule has 0 aromatic carbocycles. The quantitative estimate of drug-likeness (QED) is 0.894. The number of amides is 1. The summed E-state index contributed by atoms with van der Waals surface area (Å²) in [6, 6.07) is 1.62. The summed E-state index contributed by atoms with van der Waals surface area (Å²) in [6.07, 6.45) is 5.60. The molecule has 2 rings (SSSR count). The Balaban J connectivity index is 2.18. The predicted molar refractivity (Wildman–Crippen MR) is 68.2 cm³/mol. The lowest BCUT2D eigenvalue weighted by atomic mass is 9.97. The zero-order valence-electron chi connectivity index (χ0n) is 9.65. The van der Waals surface area contributed by atoms with Gasteiger partial charge in [-0.05, 0) is 34.8 Å². The number of carbonyl (C=O) groups is 2. The summed E-state index contributed by atoms with van der Waals surface area (Å²) in [5.41, 5.74) is -0.753. The summed E-state index contributed by atoms with van der Waals surface area (Å²) in [6.45, 7) is 0. The number of aliphatic carboxylic acids is 1. The Morgan fingerprint density at radius 2 is 2.00 bits per heavy atom. The van der Waals surface area contributed by atoms with Crippen LogP contribution in [0.15, 0.2) is 22.9 Å². The van der Waals surface area contributed by atoms with Crippen molar-refractivity contribution in [1.29, 1.82) is 0 Å². The highest BCUT2D eigenvalue weighted by atomic mass is 79.9. The molecule has 5 nitrogen and oxygen atoms in total. The van der Waals surface area contributed by atoms with Crippen molar-refractivity contribution in [3.05, 3.63) is 28.5 Å². The second-order valence-corrected chi connectivity index (χ2v) is 5.36. The van der Waals surface area contributed by atoms with Crippen LogP contribution in [0.5, 0.6) is 0 Å². The molecule has 1 aromatic heterocycles. The Bertz CT molecular complexity index is 484. The van der Waals surface area contributed by atoms with Crippen LogP contribution in [-0.2, 0) is 4.79 Å². The maximum absolute atomic E-state index is 12.0. The van der Waals surface area contributed by atoms with Gasteiger partial charge >= 0.3 is 5.97 Å². The first kappa shape index (κ1) is 13.0. The van der Waals surface area contributed by atoms with Crippen LogP contribution in [0.2, 0.25) is 0 Å². The van der Waals surface area contributed by atoms with Crippen molar-refractivity contribution in [3.8, 4) is 0 Å². The number of rotatable bonds is 3. The third-order valence-corrected chi connectivity index (χ3v) is 3.62. The minimum Gasteiger partial charge on any atom is -0.480 e. The minimum atomic E-state index is -1.11. The van der Waals surface area contributed by atoms with Gasteiger partial charge in [-0.2, -0.15) is 0 Å². The summed E-state index contributed by atoms with van der Waals surface area (Å²) in [5.74, 6) is -1.36. The summed E-state index contributed by atoms with van der Waals surface area (Å²) >= 11 is 3.23. The lowest BCUT2D eigenvalue weighted by Crippen LogP contribution is -2.52. The van der Waals surface area contributed by atoms with Crippen molar-refractivity contribution >= 4 is 27.8 Å². The van der Waals surface area contributed by atoms with E-state index in [2.05, 4.69) is 26.2 Å². The summed E-state index contributed by atoms with van der Waals surface area (Å²) in [7, 11) is 0. The molecule has 1 aliphatic carbocycles. The van der Waals surface area contributed by atoms with Crippen molar-refractivity contribution in [2.45, 2.75) is 31.2 Å². The van der Waals surface area contributed by atoms with Crippen LogP contribution in [0.1, 0.15) is 36.0 Å². The van der Waals surface area contributed by atoms with E-state index in [1.165, 1.54) is 6.20 Å².